The smallest absolute Gasteiger partial charge is 0.255 e. The fraction of sp³-hybridized carbons (Fsp3) is 0.394. The first-order valence-corrected chi connectivity index (χ1v) is 15.5. The van der Waals surface area contributed by atoms with Crippen molar-refractivity contribution in [2.75, 3.05) is 36.8 Å². The molecule has 47 heavy (non-hydrogen) atoms. The average molecular weight is 645 g/mol. The number of aromatic hydroxyl groups is 1. The Balaban J connectivity index is 1.39. The third-order valence-electron chi connectivity index (χ3n) is 8.19. The van der Waals surface area contributed by atoms with Crippen LogP contribution in [-0.4, -0.2) is 87.9 Å². The molecule has 248 valence electrons. The summed E-state index contributed by atoms with van der Waals surface area (Å²) in [6, 6.07) is 10.2. The van der Waals surface area contributed by atoms with Gasteiger partial charge in [-0.3, -0.25) is 19.2 Å². The van der Waals surface area contributed by atoms with Crippen molar-refractivity contribution in [3.05, 3.63) is 65.4 Å². The molecule has 0 aliphatic carbocycles. The lowest BCUT2D eigenvalue weighted by Crippen LogP contribution is -2.59. The average Bonchev–Trinajstić information content (AvgIpc) is 3.03. The molecule has 3 aliphatic rings. The van der Waals surface area contributed by atoms with Gasteiger partial charge in [-0.2, -0.15) is 4.98 Å². The molecule has 2 aromatic carbocycles. The number of aromatic nitrogens is 2. The number of nitrogens with zero attached hydrogens (tertiary/aromatic N) is 4. The summed E-state index contributed by atoms with van der Waals surface area (Å²) < 4.78 is 5.94. The lowest BCUT2D eigenvalue weighted by molar-refractivity contribution is -0.137. The van der Waals surface area contributed by atoms with Gasteiger partial charge >= 0.3 is 0 Å². The standard InChI is InChI=1S/C33H40N8O6/c1-18(2)28-31(45)36-20(4)29(43)37-25(32(46)41-13-11-40(12-14-41)27-15-19(3)35-33(34)38-27)16-21-5-7-22(8-6-21)47-23-9-10-26(42)24(17-23)30(44)39-28/h5-10,15,17-18,20,25,28,42H,11-14,16H2,1-4H3,(H,36,45)(H,37,43)(H,39,44)(H2,34,35,38)/t20-,25-,28-/m0/s1. The van der Waals surface area contributed by atoms with Gasteiger partial charge in [-0.05, 0) is 55.7 Å². The number of carbonyl (C=O) groups is 4. The molecule has 0 radical (unpaired) electrons. The van der Waals surface area contributed by atoms with Crippen molar-refractivity contribution in [2.24, 2.45) is 5.92 Å². The van der Waals surface area contributed by atoms with Crippen LogP contribution in [0.25, 0.3) is 0 Å². The van der Waals surface area contributed by atoms with Gasteiger partial charge in [0.05, 0.1) is 5.56 Å². The van der Waals surface area contributed by atoms with Crippen LogP contribution in [0.4, 0.5) is 11.8 Å². The molecular weight excluding hydrogens is 604 g/mol. The summed E-state index contributed by atoms with van der Waals surface area (Å²) in [6.45, 7) is 8.69. The molecule has 4 bridgehead atoms. The van der Waals surface area contributed by atoms with Gasteiger partial charge in [0, 0.05) is 44.4 Å². The summed E-state index contributed by atoms with van der Waals surface area (Å²) in [7, 11) is 0. The summed E-state index contributed by atoms with van der Waals surface area (Å²) in [5.41, 5.74) is 7.29. The van der Waals surface area contributed by atoms with E-state index < -0.39 is 35.8 Å². The lowest BCUT2D eigenvalue weighted by atomic mass is 10.0. The van der Waals surface area contributed by atoms with E-state index in [0.29, 0.717) is 43.5 Å². The minimum absolute atomic E-state index is 0.0667. The predicted molar refractivity (Wildman–Crippen MR) is 174 cm³/mol. The van der Waals surface area contributed by atoms with Gasteiger partial charge in [-0.1, -0.05) is 26.0 Å². The Morgan fingerprint density at radius 2 is 1.62 bits per heavy atom. The molecule has 3 aromatic rings. The van der Waals surface area contributed by atoms with E-state index in [1.165, 1.54) is 25.1 Å². The molecule has 1 aromatic heterocycles. The molecule has 6 rings (SSSR count). The molecule has 3 aliphatic heterocycles. The number of carbonyl (C=O) groups excluding carboxylic acids is 4. The van der Waals surface area contributed by atoms with Gasteiger partial charge in [0.2, 0.25) is 23.7 Å². The molecule has 0 unspecified atom stereocenters. The minimum atomic E-state index is -1.02. The Hall–Kier alpha value is -5.40. The van der Waals surface area contributed by atoms with Crippen LogP contribution in [0.3, 0.4) is 0 Å². The second kappa shape index (κ2) is 13.9. The molecular formula is C33H40N8O6. The van der Waals surface area contributed by atoms with E-state index in [0.717, 1.165) is 11.3 Å². The number of fused-ring (bicyclic) bond motifs is 11. The normalized spacial score (nSPS) is 20.9. The van der Waals surface area contributed by atoms with Crippen molar-refractivity contribution in [3.8, 4) is 17.2 Å². The number of phenols is 1. The molecule has 4 heterocycles. The number of nitrogen functional groups attached to an aromatic ring is 1. The zero-order valence-corrected chi connectivity index (χ0v) is 26.8. The van der Waals surface area contributed by atoms with Gasteiger partial charge < -0.3 is 41.3 Å². The predicted octanol–water partition coefficient (Wildman–Crippen LogP) is 1.51. The van der Waals surface area contributed by atoms with Crippen molar-refractivity contribution >= 4 is 35.4 Å². The fourth-order valence-corrected chi connectivity index (χ4v) is 5.56. The number of rotatable bonds is 3. The molecule has 4 amide bonds. The Morgan fingerprint density at radius 1 is 0.936 bits per heavy atom. The lowest BCUT2D eigenvalue weighted by Gasteiger charge is -2.37. The van der Waals surface area contributed by atoms with E-state index in [9.17, 15) is 24.3 Å². The van der Waals surface area contributed by atoms with E-state index in [1.54, 1.807) is 43.0 Å². The number of amides is 4. The zero-order valence-electron chi connectivity index (χ0n) is 26.8. The molecule has 0 saturated carbocycles. The number of anilines is 2. The Kier molecular flexibility index (Phi) is 9.78. The van der Waals surface area contributed by atoms with E-state index in [2.05, 4.69) is 25.9 Å². The molecule has 1 fully saturated rings. The van der Waals surface area contributed by atoms with Crippen molar-refractivity contribution in [1.29, 1.82) is 0 Å². The minimum Gasteiger partial charge on any atom is -0.507 e. The van der Waals surface area contributed by atoms with Gasteiger partial charge in [0.1, 0.15) is 41.2 Å². The second-order valence-corrected chi connectivity index (χ2v) is 12.2. The quantitative estimate of drug-likeness (QED) is 0.261. The number of piperazine rings is 1. The molecule has 14 nitrogen and oxygen atoms in total. The Labute approximate surface area is 272 Å². The van der Waals surface area contributed by atoms with Crippen LogP contribution in [0.5, 0.6) is 17.2 Å². The first kappa shape index (κ1) is 33.0. The largest absolute Gasteiger partial charge is 0.507 e. The van der Waals surface area contributed by atoms with Gasteiger partial charge in [0.15, 0.2) is 0 Å². The first-order valence-electron chi connectivity index (χ1n) is 15.5. The number of nitrogens with one attached hydrogen (secondary N) is 3. The number of nitrogens with two attached hydrogens (primary N) is 1. The summed E-state index contributed by atoms with van der Waals surface area (Å²) in [4.78, 5) is 66.0. The molecule has 3 atom stereocenters. The molecule has 6 N–H and O–H groups in total. The first-order chi connectivity index (χ1) is 22.4. The van der Waals surface area contributed by atoms with E-state index >= 15 is 0 Å². The SMILES string of the molecule is Cc1cc(N2CCN(C(=O)[C@@H]3Cc4ccc(cc4)Oc4ccc(O)c(c4)C(=O)N[C@@H](C(C)C)C(=O)N[C@@H](C)C(=O)N3)CC2)nc(N)n1. The van der Waals surface area contributed by atoms with Gasteiger partial charge in [-0.25, -0.2) is 4.98 Å². The highest BCUT2D eigenvalue weighted by atomic mass is 16.5. The number of phenolic OH excluding ortho intramolecular Hbond substituents is 1. The highest BCUT2D eigenvalue weighted by molar-refractivity contribution is 6.00. The summed E-state index contributed by atoms with van der Waals surface area (Å²) >= 11 is 0. The van der Waals surface area contributed by atoms with Crippen molar-refractivity contribution in [1.82, 2.24) is 30.8 Å². The maximum absolute atomic E-state index is 13.9. The van der Waals surface area contributed by atoms with Crippen LogP contribution in [0.2, 0.25) is 0 Å². The third kappa shape index (κ3) is 7.88. The van der Waals surface area contributed by atoms with Crippen molar-refractivity contribution in [3.63, 3.8) is 0 Å². The zero-order chi connectivity index (χ0) is 33.8. The van der Waals surface area contributed by atoms with Gasteiger partial charge in [0.25, 0.3) is 5.91 Å². The summed E-state index contributed by atoms with van der Waals surface area (Å²) in [5, 5.41) is 18.6. The second-order valence-electron chi connectivity index (χ2n) is 12.2. The van der Waals surface area contributed by atoms with E-state index in [-0.39, 0.29) is 35.5 Å². The Morgan fingerprint density at radius 3 is 2.28 bits per heavy atom. The van der Waals surface area contributed by atoms with Crippen molar-refractivity contribution in [2.45, 2.75) is 52.2 Å². The fourth-order valence-electron chi connectivity index (χ4n) is 5.56. The summed E-state index contributed by atoms with van der Waals surface area (Å²) in [5.74, 6) is -1.06. The van der Waals surface area contributed by atoms with Crippen LogP contribution in [-0.2, 0) is 20.8 Å². The Bertz CT molecular complexity index is 1640. The monoisotopic (exact) mass is 644 g/mol. The van der Waals surface area contributed by atoms with Crippen LogP contribution < -0.4 is 31.3 Å². The maximum atomic E-state index is 13.9. The number of ether oxygens (including phenoxy) is 1. The number of hydrogen-bond donors (Lipinski definition) is 5. The highest BCUT2D eigenvalue weighted by Crippen LogP contribution is 2.28. The van der Waals surface area contributed by atoms with Crippen LogP contribution >= 0.6 is 0 Å². The van der Waals surface area contributed by atoms with E-state index in [1.807, 2.05) is 17.9 Å². The number of benzene rings is 2. The molecule has 0 spiro atoms. The third-order valence-corrected chi connectivity index (χ3v) is 8.19. The van der Waals surface area contributed by atoms with Gasteiger partial charge in [-0.15, -0.1) is 0 Å². The van der Waals surface area contributed by atoms with Crippen LogP contribution in [0.15, 0.2) is 48.5 Å². The van der Waals surface area contributed by atoms with Crippen LogP contribution in [0.1, 0.15) is 42.4 Å². The molecule has 14 heteroatoms. The maximum Gasteiger partial charge on any atom is 0.255 e. The number of hydrogen-bond acceptors (Lipinski definition) is 10. The van der Waals surface area contributed by atoms with Crippen LogP contribution in [0, 0.1) is 12.8 Å². The highest BCUT2D eigenvalue weighted by Gasteiger charge is 2.33. The van der Waals surface area contributed by atoms with Crippen molar-refractivity contribution < 1.29 is 29.0 Å². The van der Waals surface area contributed by atoms with E-state index in [4.69, 9.17) is 10.5 Å². The summed E-state index contributed by atoms with van der Waals surface area (Å²) in [6.07, 6.45) is 0.196. The molecule has 1 saturated heterocycles. The topological polar surface area (TPSA) is 192 Å². The number of aryl methyl sites for hydroxylation is 1.